The van der Waals surface area contributed by atoms with Crippen molar-refractivity contribution in [2.45, 2.75) is 5.92 Å². The van der Waals surface area contributed by atoms with Crippen LogP contribution in [0, 0.1) is 0 Å². The molecule has 0 aliphatic carbocycles. The van der Waals surface area contributed by atoms with Gasteiger partial charge in [0.2, 0.25) is 0 Å². The van der Waals surface area contributed by atoms with Gasteiger partial charge in [0.1, 0.15) is 0 Å². The molecule has 0 unspecified atom stereocenters. The molecular weight excluding hydrogens is 332 g/mol. The van der Waals surface area contributed by atoms with Gasteiger partial charge in [0.25, 0.3) is 5.91 Å². The van der Waals surface area contributed by atoms with Gasteiger partial charge < -0.3 is 0 Å². The Balaban J connectivity index is 1.80. The fourth-order valence-electron chi connectivity index (χ4n) is 2.61. The molecule has 3 aromatic carbocycles. The Morgan fingerprint density at radius 1 is 0.880 bits per heavy atom. The topological polar surface area (TPSA) is 41.5 Å². The number of halogens is 1. The smallest absolute Gasteiger partial charge is 0.252 e. The summed E-state index contributed by atoms with van der Waals surface area (Å²) in [6.45, 7) is 0. The molecule has 0 saturated heterocycles. The van der Waals surface area contributed by atoms with Crippen LogP contribution in [0.25, 0.3) is 0 Å². The maximum absolute atomic E-state index is 12.8. The standard InChI is InChI=1S/C21H17ClN2O/c22-19-13-7-8-16(14-19)15-23-24-21(25)20(17-9-3-1-4-10-17)18-11-5-2-6-12-18/h1-15,20H,(H,24,25)/b23-15-. The van der Waals surface area contributed by atoms with Crippen molar-refractivity contribution in [3.63, 3.8) is 0 Å². The summed E-state index contributed by atoms with van der Waals surface area (Å²) < 4.78 is 0. The summed E-state index contributed by atoms with van der Waals surface area (Å²) in [5, 5.41) is 4.70. The molecule has 0 aromatic heterocycles. The van der Waals surface area contributed by atoms with Crippen molar-refractivity contribution in [3.05, 3.63) is 107 Å². The lowest BCUT2D eigenvalue weighted by molar-refractivity contribution is -0.121. The van der Waals surface area contributed by atoms with Crippen molar-refractivity contribution < 1.29 is 4.79 Å². The van der Waals surface area contributed by atoms with E-state index in [4.69, 9.17) is 11.6 Å². The number of hydrazone groups is 1. The molecule has 3 aromatic rings. The zero-order valence-electron chi connectivity index (χ0n) is 13.5. The molecule has 25 heavy (non-hydrogen) atoms. The minimum atomic E-state index is -0.418. The van der Waals surface area contributed by atoms with Gasteiger partial charge in [-0.05, 0) is 28.8 Å². The van der Waals surface area contributed by atoms with Gasteiger partial charge in [-0.3, -0.25) is 4.79 Å². The molecule has 0 fully saturated rings. The average Bonchev–Trinajstić information content (AvgIpc) is 2.64. The summed E-state index contributed by atoms with van der Waals surface area (Å²) in [4.78, 5) is 12.8. The second-order valence-electron chi connectivity index (χ2n) is 5.54. The molecule has 0 spiro atoms. The van der Waals surface area contributed by atoms with Crippen molar-refractivity contribution in [1.82, 2.24) is 5.43 Å². The van der Waals surface area contributed by atoms with Gasteiger partial charge in [0.05, 0.1) is 12.1 Å². The molecule has 1 N–H and O–H groups in total. The third-order valence-corrected chi connectivity index (χ3v) is 4.00. The number of carbonyl (C=O) groups is 1. The molecule has 4 heteroatoms. The minimum Gasteiger partial charge on any atom is -0.272 e. The first kappa shape index (κ1) is 16.9. The summed E-state index contributed by atoms with van der Waals surface area (Å²) in [6.07, 6.45) is 1.58. The summed E-state index contributed by atoms with van der Waals surface area (Å²) in [5.41, 5.74) is 5.30. The van der Waals surface area contributed by atoms with Gasteiger partial charge in [-0.25, -0.2) is 5.43 Å². The van der Waals surface area contributed by atoms with Gasteiger partial charge in [-0.2, -0.15) is 5.10 Å². The first-order chi connectivity index (χ1) is 12.2. The number of nitrogens with one attached hydrogen (secondary N) is 1. The molecule has 0 radical (unpaired) electrons. The van der Waals surface area contributed by atoms with Crippen molar-refractivity contribution in [2.75, 3.05) is 0 Å². The van der Waals surface area contributed by atoms with Crippen LogP contribution in [0.4, 0.5) is 0 Å². The predicted molar refractivity (Wildman–Crippen MR) is 102 cm³/mol. The molecule has 0 atom stereocenters. The van der Waals surface area contributed by atoms with Crippen molar-refractivity contribution >= 4 is 23.7 Å². The Hall–Kier alpha value is -2.91. The summed E-state index contributed by atoms with van der Waals surface area (Å²) >= 11 is 5.95. The van der Waals surface area contributed by atoms with E-state index < -0.39 is 5.92 Å². The van der Waals surface area contributed by atoms with E-state index in [2.05, 4.69) is 10.5 Å². The molecule has 0 saturated carbocycles. The van der Waals surface area contributed by atoms with Crippen LogP contribution in [0.5, 0.6) is 0 Å². The van der Waals surface area contributed by atoms with Gasteiger partial charge in [0.15, 0.2) is 0 Å². The molecule has 1 amide bonds. The second-order valence-corrected chi connectivity index (χ2v) is 5.98. The van der Waals surface area contributed by atoms with Crippen LogP contribution in [0.2, 0.25) is 5.02 Å². The van der Waals surface area contributed by atoms with Crippen molar-refractivity contribution in [1.29, 1.82) is 0 Å². The van der Waals surface area contributed by atoms with E-state index in [1.807, 2.05) is 72.8 Å². The molecule has 3 rings (SSSR count). The zero-order valence-corrected chi connectivity index (χ0v) is 14.2. The highest BCUT2D eigenvalue weighted by molar-refractivity contribution is 6.30. The van der Waals surface area contributed by atoms with E-state index in [9.17, 15) is 4.79 Å². The average molecular weight is 349 g/mol. The zero-order chi connectivity index (χ0) is 17.5. The van der Waals surface area contributed by atoms with Crippen LogP contribution in [0.3, 0.4) is 0 Å². The van der Waals surface area contributed by atoms with Crippen LogP contribution in [0.1, 0.15) is 22.6 Å². The monoisotopic (exact) mass is 348 g/mol. The Labute approximate surface area is 152 Å². The van der Waals surface area contributed by atoms with E-state index in [-0.39, 0.29) is 5.91 Å². The lowest BCUT2D eigenvalue weighted by atomic mass is 9.91. The molecule has 0 heterocycles. The number of hydrogen-bond donors (Lipinski definition) is 1. The Morgan fingerprint density at radius 3 is 2.04 bits per heavy atom. The number of benzene rings is 3. The first-order valence-electron chi connectivity index (χ1n) is 7.92. The van der Waals surface area contributed by atoms with Crippen LogP contribution < -0.4 is 5.43 Å². The summed E-state index contributed by atoms with van der Waals surface area (Å²) in [6, 6.07) is 26.6. The Bertz CT molecular complexity index is 824. The number of rotatable bonds is 5. The Kier molecular flexibility index (Phi) is 5.60. The van der Waals surface area contributed by atoms with Gasteiger partial charge in [0, 0.05) is 5.02 Å². The van der Waals surface area contributed by atoms with E-state index in [0.29, 0.717) is 5.02 Å². The minimum absolute atomic E-state index is 0.185. The van der Waals surface area contributed by atoms with E-state index >= 15 is 0 Å². The normalized spacial score (nSPS) is 11.0. The quantitative estimate of drug-likeness (QED) is 0.530. The molecule has 0 bridgehead atoms. The van der Waals surface area contributed by atoms with Crippen LogP contribution in [-0.2, 0) is 4.79 Å². The highest BCUT2D eigenvalue weighted by Gasteiger charge is 2.22. The number of hydrogen-bond acceptors (Lipinski definition) is 2. The number of carbonyl (C=O) groups excluding carboxylic acids is 1. The molecule has 0 aliphatic rings. The molecule has 3 nitrogen and oxygen atoms in total. The molecule has 0 aliphatic heterocycles. The van der Waals surface area contributed by atoms with Gasteiger partial charge in [-0.1, -0.05) is 84.4 Å². The first-order valence-corrected chi connectivity index (χ1v) is 8.30. The predicted octanol–water partition coefficient (Wildman–Crippen LogP) is 4.62. The maximum atomic E-state index is 12.8. The van der Waals surface area contributed by atoms with E-state index in [0.717, 1.165) is 16.7 Å². The van der Waals surface area contributed by atoms with E-state index in [1.165, 1.54) is 0 Å². The number of amides is 1. The SMILES string of the molecule is O=C(N/N=C\c1cccc(Cl)c1)C(c1ccccc1)c1ccccc1. The number of nitrogens with zero attached hydrogens (tertiary/aromatic N) is 1. The third-order valence-electron chi connectivity index (χ3n) is 3.77. The maximum Gasteiger partial charge on any atom is 0.252 e. The van der Waals surface area contributed by atoms with E-state index in [1.54, 1.807) is 18.3 Å². The van der Waals surface area contributed by atoms with Gasteiger partial charge >= 0.3 is 0 Å². The third kappa shape index (κ3) is 4.55. The highest BCUT2D eigenvalue weighted by Crippen LogP contribution is 2.24. The summed E-state index contributed by atoms with van der Waals surface area (Å²) in [7, 11) is 0. The van der Waals surface area contributed by atoms with Gasteiger partial charge in [-0.15, -0.1) is 0 Å². The Morgan fingerprint density at radius 2 is 1.48 bits per heavy atom. The lowest BCUT2D eigenvalue weighted by Crippen LogP contribution is -2.26. The largest absolute Gasteiger partial charge is 0.272 e. The second kappa shape index (κ2) is 8.27. The highest BCUT2D eigenvalue weighted by atomic mass is 35.5. The summed E-state index contributed by atoms with van der Waals surface area (Å²) in [5.74, 6) is -0.602. The van der Waals surface area contributed by atoms with Crippen LogP contribution in [0.15, 0.2) is 90.0 Å². The van der Waals surface area contributed by atoms with Crippen molar-refractivity contribution in [2.24, 2.45) is 5.10 Å². The lowest BCUT2D eigenvalue weighted by Gasteiger charge is -2.16. The van der Waals surface area contributed by atoms with Crippen LogP contribution in [-0.4, -0.2) is 12.1 Å². The fourth-order valence-corrected chi connectivity index (χ4v) is 2.81. The fraction of sp³-hybridized carbons (Fsp3) is 0.0476. The van der Waals surface area contributed by atoms with Crippen LogP contribution >= 0.6 is 11.6 Å². The molecule has 124 valence electrons. The molecular formula is C21H17ClN2O. The van der Waals surface area contributed by atoms with Crippen molar-refractivity contribution in [3.8, 4) is 0 Å².